The van der Waals surface area contributed by atoms with E-state index in [0.717, 1.165) is 11.0 Å². The summed E-state index contributed by atoms with van der Waals surface area (Å²) in [6.07, 6.45) is 3.88. The molecule has 0 fully saturated rings. The van der Waals surface area contributed by atoms with Crippen molar-refractivity contribution in [2.75, 3.05) is 0 Å². The number of rotatable bonds is 0. The first-order valence-electron chi connectivity index (χ1n) is 6.20. The maximum absolute atomic E-state index is 4.58. The molecule has 0 N–H and O–H groups in total. The van der Waals surface area contributed by atoms with Gasteiger partial charge in [0, 0.05) is 23.2 Å². The van der Waals surface area contributed by atoms with Crippen LogP contribution in [0.4, 0.5) is 0 Å². The topological polar surface area (TPSA) is 25.8 Å². The van der Waals surface area contributed by atoms with Gasteiger partial charge in [0.2, 0.25) is 0 Å². The zero-order valence-electron chi connectivity index (χ0n) is 11.5. The Labute approximate surface area is 123 Å². The summed E-state index contributed by atoms with van der Waals surface area (Å²) in [5.41, 5.74) is 7.07. The first-order chi connectivity index (χ1) is 8.59. The van der Waals surface area contributed by atoms with E-state index in [1.54, 1.807) is 0 Å². The number of aryl methyl sites for hydroxylation is 4. The van der Waals surface area contributed by atoms with Crippen molar-refractivity contribution < 1.29 is 17.1 Å². The summed E-state index contributed by atoms with van der Waals surface area (Å²) < 4.78 is 0. The van der Waals surface area contributed by atoms with Crippen LogP contribution in [0.1, 0.15) is 22.3 Å². The molecule has 3 aromatic rings. The second kappa shape index (κ2) is 4.92. The zero-order valence-corrected chi connectivity index (χ0v) is 12.4. The van der Waals surface area contributed by atoms with Crippen LogP contribution in [-0.2, 0) is 17.1 Å². The predicted octanol–water partition coefficient (Wildman–Crippen LogP) is 4.01. The van der Waals surface area contributed by atoms with Gasteiger partial charge in [0.1, 0.15) is 0 Å². The van der Waals surface area contributed by atoms with Crippen molar-refractivity contribution in [1.29, 1.82) is 0 Å². The van der Waals surface area contributed by atoms with Gasteiger partial charge in [0.15, 0.2) is 0 Å². The molecule has 99 valence electrons. The Morgan fingerprint density at radius 3 is 1.42 bits per heavy atom. The van der Waals surface area contributed by atoms with E-state index < -0.39 is 0 Å². The van der Waals surface area contributed by atoms with Gasteiger partial charge >= 0.3 is 17.1 Å². The summed E-state index contributed by atoms with van der Waals surface area (Å²) in [6.45, 7) is 8.48. The molecule has 0 aliphatic rings. The standard InChI is InChI=1S/C16H16N2.Cu/c1-9-7-17-15-13(11(9)3)5-6-14-12(4)10(2)8-18-16(14)15;/h5-8H,1-4H3;/q;+2. The molecule has 0 spiro atoms. The van der Waals surface area contributed by atoms with E-state index in [0.29, 0.717) is 0 Å². The monoisotopic (exact) mass is 299 g/mol. The number of nitrogens with zero attached hydrogens (tertiary/aromatic N) is 2. The number of fused-ring (bicyclic) bond motifs is 3. The molecule has 3 rings (SSSR count). The Kier molecular flexibility index (Phi) is 3.62. The second-order valence-corrected chi connectivity index (χ2v) is 4.99. The van der Waals surface area contributed by atoms with E-state index in [4.69, 9.17) is 0 Å². The van der Waals surface area contributed by atoms with Crippen molar-refractivity contribution in [3.63, 3.8) is 0 Å². The summed E-state index contributed by atoms with van der Waals surface area (Å²) in [5, 5.41) is 2.41. The molecule has 0 bridgehead atoms. The fraction of sp³-hybridized carbons (Fsp3) is 0.250. The molecule has 0 aliphatic heterocycles. The molecule has 0 atom stereocenters. The first-order valence-corrected chi connectivity index (χ1v) is 6.20. The number of hydrogen-bond donors (Lipinski definition) is 0. The Hall–Kier alpha value is -1.44. The van der Waals surface area contributed by atoms with Crippen molar-refractivity contribution >= 4 is 21.8 Å². The van der Waals surface area contributed by atoms with Crippen LogP contribution < -0.4 is 0 Å². The first kappa shape index (κ1) is 14.0. The molecule has 0 saturated carbocycles. The minimum atomic E-state index is 0. The predicted molar refractivity (Wildman–Crippen MR) is 76.0 cm³/mol. The van der Waals surface area contributed by atoms with Gasteiger partial charge in [-0.1, -0.05) is 12.1 Å². The van der Waals surface area contributed by atoms with Gasteiger partial charge in [-0.25, -0.2) is 0 Å². The molecular formula is C16H16CuN2+2. The van der Waals surface area contributed by atoms with Gasteiger partial charge in [-0.05, 0) is 49.9 Å². The number of pyridine rings is 2. The van der Waals surface area contributed by atoms with Crippen molar-refractivity contribution in [3.8, 4) is 0 Å². The van der Waals surface area contributed by atoms with Crippen LogP contribution in [0.3, 0.4) is 0 Å². The molecule has 3 heteroatoms. The summed E-state index contributed by atoms with van der Waals surface area (Å²) in [6, 6.07) is 4.34. The van der Waals surface area contributed by atoms with Gasteiger partial charge < -0.3 is 0 Å². The van der Waals surface area contributed by atoms with E-state index in [2.05, 4.69) is 49.8 Å². The number of benzene rings is 1. The Morgan fingerprint density at radius 1 is 0.684 bits per heavy atom. The van der Waals surface area contributed by atoms with Crippen LogP contribution >= 0.6 is 0 Å². The largest absolute Gasteiger partial charge is 2.00 e. The summed E-state index contributed by atoms with van der Waals surface area (Å²) in [5.74, 6) is 0. The molecular weight excluding hydrogens is 284 g/mol. The minimum Gasteiger partial charge on any atom is -0.254 e. The van der Waals surface area contributed by atoms with E-state index in [9.17, 15) is 0 Å². The maximum Gasteiger partial charge on any atom is 2.00 e. The third-order valence-corrected chi connectivity index (χ3v) is 3.92. The zero-order chi connectivity index (χ0) is 12.9. The molecule has 1 radical (unpaired) electrons. The molecule has 0 aliphatic carbocycles. The maximum atomic E-state index is 4.58. The van der Waals surface area contributed by atoms with E-state index in [1.165, 1.54) is 33.0 Å². The number of hydrogen-bond acceptors (Lipinski definition) is 2. The molecule has 2 heterocycles. The van der Waals surface area contributed by atoms with Gasteiger partial charge in [-0.3, -0.25) is 9.97 Å². The van der Waals surface area contributed by atoms with Crippen molar-refractivity contribution in [2.45, 2.75) is 27.7 Å². The van der Waals surface area contributed by atoms with Crippen LogP contribution in [0.5, 0.6) is 0 Å². The van der Waals surface area contributed by atoms with Gasteiger partial charge in [0.25, 0.3) is 0 Å². The summed E-state index contributed by atoms with van der Waals surface area (Å²) in [4.78, 5) is 9.16. The fourth-order valence-electron chi connectivity index (χ4n) is 2.39. The van der Waals surface area contributed by atoms with Crippen molar-refractivity contribution in [1.82, 2.24) is 9.97 Å². The fourth-order valence-corrected chi connectivity index (χ4v) is 2.39. The van der Waals surface area contributed by atoms with Gasteiger partial charge in [-0.2, -0.15) is 0 Å². The summed E-state index contributed by atoms with van der Waals surface area (Å²) >= 11 is 0. The Morgan fingerprint density at radius 2 is 1.05 bits per heavy atom. The normalized spacial score (nSPS) is 10.7. The van der Waals surface area contributed by atoms with Crippen LogP contribution in [0, 0.1) is 27.7 Å². The third-order valence-electron chi connectivity index (χ3n) is 3.92. The van der Waals surface area contributed by atoms with Crippen LogP contribution in [0.15, 0.2) is 24.5 Å². The molecule has 0 saturated heterocycles. The molecule has 0 unspecified atom stereocenters. The second-order valence-electron chi connectivity index (χ2n) is 4.99. The van der Waals surface area contributed by atoms with Crippen LogP contribution in [-0.4, -0.2) is 9.97 Å². The summed E-state index contributed by atoms with van der Waals surface area (Å²) in [7, 11) is 0. The van der Waals surface area contributed by atoms with Crippen molar-refractivity contribution in [2.24, 2.45) is 0 Å². The molecule has 2 nitrogen and oxygen atoms in total. The molecule has 1 aromatic carbocycles. The Balaban J connectivity index is 0.00000133. The average molecular weight is 300 g/mol. The van der Waals surface area contributed by atoms with Crippen molar-refractivity contribution in [3.05, 3.63) is 46.8 Å². The Bertz CT molecular complexity index is 712. The molecule has 2 aromatic heterocycles. The van der Waals surface area contributed by atoms with E-state index >= 15 is 0 Å². The minimum absolute atomic E-state index is 0. The van der Waals surface area contributed by atoms with E-state index in [-0.39, 0.29) is 17.1 Å². The van der Waals surface area contributed by atoms with Gasteiger partial charge in [-0.15, -0.1) is 0 Å². The van der Waals surface area contributed by atoms with Gasteiger partial charge in [0.05, 0.1) is 11.0 Å². The quantitative estimate of drug-likeness (QED) is 0.463. The average Bonchev–Trinajstić information content (AvgIpc) is 2.38. The smallest absolute Gasteiger partial charge is 0.254 e. The van der Waals surface area contributed by atoms with Crippen LogP contribution in [0.2, 0.25) is 0 Å². The third kappa shape index (κ3) is 2.03. The van der Waals surface area contributed by atoms with E-state index in [1.807, 2.05) is 12.4 Å². The molecule has 0 amide bonds. The number of aromatic nitrogens is 2. The van der Waals surface area contributed by atoms with Crippen LogP contribution in [0.25, 0.3) is 21.8 Å². The molecule has 19 heavy (non-hydrogen) atoms. The SMILES string of the molecule is Cc1cnc2c(ccc3c(C)c(C)cnc32)c1C.[Cu+2].